The lowest BCUT2D eigenvalue weighted by atomic mass is 9.78. The minimum absolute atomic E-state index is 0.0241. The molecule has 1 heterocycles. The Morgan fingerprint density at radius 2 is 2.00 bits per heavy atom. The van der Waals surface area contributed by atoms with Crippen LogP contribution < -0.4 is 4.74 Å². The van der Waals surface area contributed by atoms with Gasteiger partial charge in [-0.15, -0.1) is 0 Å². The molecule has 0 bridgehead atoms. The Morgan fingerprint density at radius 3 is 2.50 bits per heavy atom. The second-order valence-corrected chi connectivity index (χ2v) is 6.06. The number of benzene rings is 1. The molecule has 0 amide bonds. The lowest BCUT2D eigenvalue weighted by Gasteiger charge is -2.24. The zero-order valence-electron chi connectivity index (χ0n) is 12.1. The van der Waals surface area contributed by atoms with E-state index in [2.05, 4.69) is 39.5 Å². The highest BCUT2D eigenvalue weighted by Gasteiger charge is 2.41. The molecule has 1 aliphatic rings. The van der Waals surface area contributed by atoms with Crippen LogP contribution in [-0.2, 0) is 5.41 Å². The minimum Gasteiger partial charge on any atom is -0.489 e. The average molecular weight is 243 g/mol. The van der Waals surface area contributed by atoms with E-state index < -0.39 is 0 Å². The molecule has 1 atom stereocenters. The van der Waals surface area contributed by atoms with E-state index in [1.165, 1.54) is 11.1 Å². The smallest absolute Gasteiger partial charge is 0.190 e. The van der Waals surface area contributed by atoms with E-state index in [9.17, 15) is 0 Å². The first-order chi connectivity index (χ1) is 8.30. The Morgan fingerprint density at radius 1 is 1.39 bits per heavy atom. The molecule has 1 aromatic carbocycles. The normalized spacial score (nSPS) is 20.4. The molecule has 0 aromatic heterocycles. The van der Waals surface area contributed by atoms with Gasteiger partial charge >= 0.3 is 0 Å². The fourth-order valence-corrected chi connectivity index (χ4v) is 2.74. The van der Waals surface area contributed by atoms with Crippen LogP contribution in [0.15, 0.2) is 6.07 Å². The predicted octanol–water partition coefficient (Wildman–Crippen LogP) is 4.73. The van der Waals surface area contributed by atoms with Gasteiger partial charge in [-0.2, -0.15) is 0 Å². The van der Waals surface area contributed by atoms with Crippen LogP contribution in [0.2, 0.25) is 0 Å². The first-order valence-corrected chi connectivity index (χ1v) is 6.52. The van der Waals surface area contributed by atoms with E-state index in [-0.39, 0.29) is 11.5 Å². The van der Waals surface area contributed by atoms with Crippen LogP contribution in [0.5, 0.6) is 5.75 Å². The summed E-state index contributed by atoms with van der Waals surface area (Å²) in [5.41, 5.74) is 4.22. The molecule has 0 N–H and O–H groups in total. The summed E-state index contributed by atoms with van der Waals surface area (Å²) in [5, 5.41) is 0. The highest BCUT2D eigenvalue weighted by atomic mass is 16.5. The molecule has 0 aliphatic carbocycles. The van der Waals surface area contributed by atoms with Crippen molar-refractivity contribution in [1.82, 2.24) is 0 Å². The Labute approximate surface area is 110 Å². The molecule has 2 heteroatoms. The molecule has 2 nitrogen and oxygen atoms in total. The van der Waals surface area contributed by atoms with Crippen LogP contribution in [0.4, 0.5) is 5.69 Å². The number of fused-ring (bicyclic) bond motifs is 1. The zero-order chi connectivity index (χ0) is 13.7. The van der Waals surface area contributed by atoms with Crippen LogP contribution in [0.25, 0.3) is 4.85 Å². The Hall–Kier alpha value is -1.49. The maximum absolute atomic E-state index is 7.35. The average Bonchev–Trinajstić information content (AvgIpc) is 2.51. The summed E-state index contributed by atoms with van der Waals surface area (Å²) in [6, 6.07) is 2.00. The molecule has 0 saturated carbocycles. The molecule has 0 saturated heterocycles. The topological polar surface area (TPSA) is 13.6 Å². The third-order valence-electron chi connectivity index (χ3n) is 4.24. The van der Waals surface area contributed by atoms with Crippen molar-refractivity contribution >= 4 is 5.69 Å². The maximum atomic E-state index is 7.35. The van der Waals surface area contributed by atoms with Gasteiger partial charge in [-0.1, -0.05) is 27.7 Å². The minimum atomic E-state index is -0.0241. The van der Waals surface area contributed by atoms with E-state index in [0.29, 0.717) is 5.92 Å². The monoisotopic (exact) mass is 243 g/mol. The van der Waals surface area contributed by atoms with E-state index >= 15 is 0 Å². The largest absolute Gasteiger partial charge is 0.489 e. The number of rotatable bonds is 1. The van der Waals surface area contributed by atoms with Gasteiger partial charge in [-0.25, -0.2) is 4.85 Å². The zero-order valence-corrected chi connectivity index (χ0v) is 12.1. The van der Waals surface area contributed by atoms with E-state index in [1.54, 1.807) is 0 Å². The van der Waals surface area contributed by atoms with Gasteiger partial charge in [0, 0.05) is 5.41 Å². The van der Waals surface area contributed by atoms with Crippen molar-refractivity contribution in [3.05, 3.63) is 34.2 Å². The van der Waals surface area contributed by atoms with Gasteiger partial charge in [0.15, 0.2) is 5.69 Å². The molecular weight excluding hydrogens is 222 g/mol. The number of hydrogen-bond acceptors (Lipinski definition) is 1. The van der Waals surface area contributed by atoms with Crippen molar-refractivity contribution in [2.75, 3.05) is 0 Å². The van der Waals surface area contributed by atoms with Crippen LogP contribution in [0.1, 0.15) is 57.2 Å². The SMILES string of the molecule is [C-]#[N+]c1cc(C(C)C)c2c(c1C)C(C)(C)C(C)O2. The lowest BCUT2D eigenvalue weighted by Crippen LogP contribution is -2.29. The van der Waals surface area contributed by atoms with Crippen molar-refractivity contribution in [3.8, 4) is 5.75 Å². The molecule has 18 heavy (non-hydrogen) atoms. The van der Waals surface area contributed by atoms with Gasteiger partial charge < -0.3 is 4.74 Å². The van der Waals surface area contributed by atoms with Crippen LogP contribution in [-0.4, -0.2) is 6.10 Å². The highest BCUT2D eigenvalue weighted by molar-refractivity contribution is 5.67. The van der Waals surface area contributed by atoms with Crippen molar-refractivity contribution in [2.24, 2.45) is 0 Å². The highest BCUT2D eigenvalue weighted by Crippen LogP contribution is 2.50. The third-order valence-corrected chi connectivity index (χ3v) is 4.24. The fraction of sp³-hybridized carbons (Fsp3) is 0.562. The second kappa shape index (κ2) is 4.02. The van der Waals surface area contributed by atoms with Crippen LogP contribution in [0, 0.1) is 13.5 Å². The third kappa shape index (κ3) is 1.61. The second-order valence-electron chi connectivity index (χ2n) is 6.06. The van der Waals surface area contributed by atoms with Gasteiger partial charge in [-0.3, -0.25) is 0 Å². The molecule has 1 aromatic rings. The first kappa shape index (κ1) is 13.0. The summed E-state index contributed by atoms with van der Waals surface area (Å²) in [6.45, 7) is 20.2. The van der Waals surface area contributed by atoms with Crippen molar-refractivity contribution in [3.63, 3.8) is 0 Å². The lowest BCUT2D eigenvalue weighted by molar-refractivity contribution is 0.184. The molecule has 0 radical (unpaired) electrons. The summed E-state index contributed by atoms with van der Waals surface area (Å²) in [5.74, 6) is 1.40. The number of nitrogens with zero attached hydrogens (tertiary/aromatic N) is 1. The number of ether oxygens (including phenoxy) is 1. The number of hydrogen-bond donors (Lipinski definition) is 0. The Balaban J connectivity index is 2.81. The summed E-state index contributed by atoms with van der Waals surface area (Å²) < 4.78 is 6.09. The molecule has 2 rings (SSSR count). The predicted molar refractivity (Wildman–Crippen MR) is 74.6 cm³/mol. The maximum Gasteiger partial charge on any atom is 0.190 e. The van der Waals surface area contributed by atoms with Gasteiger partial charge in [0.05, 0.1) is 6.57 Å². The molecule has 1 unspecified atom stereocenters. The first-order valence-electron chi connectivity index (χ1n) is 6.52. The summed E-state index contributed by atoms with van der Waals surface area (Å²) in [6.07, 6.45) is 0.157. The van der Waals surface area contributed by atoms with Crippen LogP contribution >= 0.6 is 0 Å². The molecule has 0 spiro atoms. The van der Waals surface area contributed by atoms with Gasteiger partial charge in [0.1, 0.15) is 11.9 Å². The van der Waals surface area contributed by atoms with E-state index in [4.69, 9.17) is 11.3 Å². The van der Waals surface area contributed by atoms with Crippen LogP contribution in [0.3, 0.4) is 0 Å². The Kier molecular flexibility index (Phi) is 2.89. The molecule has 1 aliphatic heterocycles. The summed E-state index contributed by atoms with van der Waals surface area (Å²) >= 11 is 0. The quantitative estimate of drug-likeness (QED) is 0.650. The standard InChI is InChI=1S/C16H21NO/c1-9(2)12-8-13(17-7)10(3)14-15(12)18-11(4)16(14,5)6/h8-9,11H,1-6H3. The molecule has 96 valence electrons. The van der Waals surface area contributed by atoms with Gasteiger partial charge in [0.25, 0.3) is 0 Å². The van der Waals surface area contributed by atoms with E-state index in [1.807, 2.05) is 13.0 Å². The molecule has 0 fully saturated rings. The van der Waals surface area contributed by atoms with Crippen molar-refractivity contribution in [1.29, 1.82) is 0 Å². The van der Waals surface area contributed by atoms with Crippen molar-refractivity contribution in [2.45, 2.75) is 59.0 Å². The van der Waals surface area contributed by atoms with Gasteiger partial charge in [0.2, 0.25) is 0 Å². The Bertz CT molecular complexity index is 535. The fourth-order valence-electron chi connectivity index (χ4n) is 2.74. The summed E-state index contributed by atoms with van der Waals surface area (Å²) in [4.78, 5) is 3.68. The van der Waals surface area contributed by atoms with Crippen molar-refractivity contribution < 1.29 is 4.74 Å². The summed E-state index contributed by atoms with van der Waals surface area (Å²) in [7, 11) is 0. The van der Waals surface area contributed by atoms with E-state index in [0.717, 1.165) is 17.0 Å². The molecular formula is C16H21NO. The van der Waals surface area contributed by atoms with Gasteiger partial charge in [-0.05, 0) is 42.5 Å².